The van der Waals surface area contributed by atoms with Crippen LogP contribution >= 0.6 is 11.6 Å². The van der Waals surface area contributed by atoms with Crippen LogP contribution in [0, 0.1) is 11.6 Å². The number of hydrogen-bond donors (Lipinski definition) is 1. The van der Waals surface area contributed by atoms with E-state index in [1.165, 1.54) is 0 Å². The SMILES string of the molecule is COC(C)(C)CCC(N)c1cc(F)c(Cl)cc1F. The van der Waals surface area contributed by atoms with E-state index in [0.29, 0.717) is 12.8 Å². The van der Waals surface area contributed by atoms with E-state index in [2.05, 4.69) is 0 Å². The normalized spacial score (nSPS) is 13.7. The van der Waals surface area contributed by atoms with E-state index in [-0.39, 0.29) is 16.2 Å². The van der Waals surface area contributed by atoms with Crippen molar-refractivity contribution in [2.24, 2.45) is 5.73 Å². The lowest BCUT2D eigenvalue weighted by molar-refractivity contribution is 0.0124. The Hall–Kier alpha value is -0.710. The fourth-order valence-electron chi connectivity index (χ4n) is 1.58. The van der Waals surface area contributed by atoms with Crippen molar-refractivity contribution < 1.29 is 13.5 Å². The van der Waals surface area contributed by atoms with Gasteiger partial charge in [-0.05, 0) is 38.8 Å². The molecular weight excluding hydrogens is 260 g/mol. The molecule has 0 saturated heterocycles. The van der Waals surface area contributed by atoms with Crippen molar-refractivity contribution in [1.29, 1.82) is 0 Å². The Morgan fingerprint density at radius 2 is 1.94 bits per heavy atom. The molecule has 1 aromatic rings. The molecule has 102 valence electrons. The van der Waals surface area contributed by atoms with Gasteiger partial charge in [-0.1, -0.05) is 11.6 Å². The van der Waals surface area contributed by atoms with Gasteiger partial charge in [-0.2, -0.15) is 0 Å². The number of hydrogen-bond acceptors (Lipinski definition) is 2. The summed E-state index contributed by atoms with van der Waals surface area (Å²) in [6, 6.07) is 1.43. The van der Waals surface area contributed by atoms with Crippen LogP contribution in [0.3, 0.4) is 0 Å². The van der Waals surface area contributed by atoms with E-state index in [1.807, 2.05) is 13.8 Å². The van der Waals surface area contributed by atoms with Crippen LogP contribution in [0.5, 0.6) is 0 Å². The molecule has 2 N–H and O–H groups in total. The molecule has 0 heterocycles. The molecule has 18 heavy (non-hydrogen) atoms. The maximum Gasteiger partial charge on any atom is 0.142 e. The molecule has 0 aliphatic carbocycles. The van der Waals surface area contributed by atoms with Gasteiger partial charge in [0.1, 0.15) is 11.6 Å². The quantitative estimate of drug-likeness (QED) is 0.831. The summed E-state index contributed by atoms with van der Waals surface area (Å²) >= 11 is 5.49. The van der Waals surface area contributed by atoms with E-state index >= 15 is 0 Å². The zero-order valence-electron chi connectivity index (χ0n) is 10.8. The molecule has 0 aliphatic heterocycles. The van der Waals surface area contributed by atoms with E-state index in [0.717, 1.165) is 12.1 Å². The van der Waals surface area contributed by atoms with Crippen LogP contribution in [0.2, 0.25) is 5.02 Å². The number of benzene rings is 1. The van der Waals surface area contributed by atoms with Crippen LogP contribution in [0.1, 0.15) is 38.3 Å². The van der Waals surface area contributed by atoms with Crippen LogP contribution in [-0.2, 0) is 4.74 Å². The zero-order valence-corrected chi connectivity index (χ0v) is 11.5. The Balaban J connectivity index is 2.79. The second-order valence-corrected chi connectivity index (χ2v) is 5.30. The molecular formula is C13H18ClF2NO. The smallest absolute Gasteiger partial charge is 0.142 e. The number of rotatable bonds is 5. The van der Waals surface area contributed by atoms with Gasteiger partial charge in [0.2, 0.25) is 0 Å². The average molecular weight is 278 g/mol. The first-order valence-corrected chi connectivity index (χ1v) is 6.10. The highest BCUT2D eigenvalue weighted by molar-refractivity contribution is 6.30. The second-order valence-electron chi connectivity index (χ2n) is 4.90. The van der Waals surface area contributed by atoms with Gasteiger partial charge in [0.05, 0.1) is 10.6 Å². The molecule has 0 aliphatic rings. The first-order valence-electron chi connectivity index (χ1n) is 5.72. The third-order valence-corrected chi connectivity index (χ3v) is 3.34. The first kappa shape index (κ1) is 15.3. The number of nitrogens with two attached hydrogens (primary N) is 1. The van der Waals surface area contributed by atoms with Crippen molar-refractivity contribution in [3.63, 3.8) is 0 Å². The summed E-state index contributed by atoms with van der Waals surface area (Å²) in [5, 5.41) is -0.235. The van der Waals surface area contributed by atoms with Crippen LogP contribution < -0.4 is 5.73 Å². The highest BCUT2D eigenvalue weighted by Gasteiger charge is 2.20. The third kappa shape index (κ3) is 3.90. The fourth-order valence-corrected chi connectivity index (χ4v) is 1.73. The summed E-state index contributed by atoms with van der Waals surface area (Å²) in [6.45, 7) is 3.83. The predicted molar refractivity (Wildman–Crippen MR) is 68.6 cm³/mol. The van der Waals surface area contributed by atoms with Gasteiger partial charge < -0.3 is 10.5 Å². The molecule has 0 amide bonds. The topological polar surface area (TPSA) is 35.2 Å². The highest BCUT2D eigenvalue weighted by Crippen LogP contribution is 2.27. The molecule has 1 unspecified atom stereocenters. The molecule has 0 aromatic heterocycles. The first-order chi connectivity index (χ1) is 8.26. The molecule has 1 rings (SSSR count). The van der Waals surface area contributed by atoms with Gasteiger partial charge >= 0.3 is 0 Å². The van der Waals surface area contributed by atoms with E-state index < -0.39 is 17.7 Å². The molecule has 1 atom stereocenters. The minimum absolute atomic E-state index is 0.142. The molecule has 5 heteroatoms. The largest absolute Gasteiger partial charge is 0.379 e. The number of halogens is 3. The van der Waals surface area contributed by atoms with Gasteiger partial charge in [-0.15, -0.1) is 0 Å². The zero-order chi connectivity index (χ0) is 13.9. The van der Waals surface area contributed by atoms with Crippen molar-refractivity contribution in [3.8, 4) is 0 Å². The van der Waals surface area contributed by atoms with E-state index in [4.69, 9.17) is 22.1 Å². The van der Waals surface area contributed by atoms with Gasteiger partial charge in [-0.25, -0.2) is 8.78 Å². The lowest BCUT2D eigenvalue weighted by Gasteiger charge is -2.24. The van der Waals surface area contributed by atoms with Crippen molar-refractivity contribution in [2.45, 2.75) is 38.3 Å². The van der Waals surface area contributed by atoms with Crippen molar-refractivity contribution >= 4 is 11.6 Å². The fraction of sp³-hybridized carbons (Fsp3) is 0.538. The Labute approximate surface area is 111 Å². The van der Waals surface area contributed by atoms with Crippen LogP contribution in [-0.4, -0.2) is 12.7 Å². The van der Waals surface area contributed by atoms with Crippen molar-refractivity contribution in [1.82, 2.24) is 0 Å². The van der Waals surface area contributed by atoms with Crippen molar-refractivity contribution in [2.75, 3.05) is 7.11 Å². The monoisotopic (exact) mass is 277 g/mol. The maximum atomic E-state index is 13.6. The summed E-state index contributed by atoms with van der Waals surface area (Å²) < 4.78 is 32.2. The Bertz CT molecular complexity index is 424. The van der Waals surface area contributed by atoms with Gasteiger partial charge in [0, 0.05) is 18.7 Å². The summed E-state index contributed by atoms with van der Waals surface area (Å²) in [7, 11) is 1.61. The standard InChI is InChI=1S/C13H18ClF2NO/c1-13(2,18-3)5-4-12(17)8-6-11(16)9(14)7-10(8)15/h6-7,12H,4-5,17H2,1-3H3. The number of ether oxygens (including phenoxy) is 1. The number of methoxy groups -OCH3 is 1. The van der Waals surface area contributed by atoms with E-state index in [1.54, 1.807) is 7.11 Å². The van der Waals surface area contributed by atoms with Crippen LogP contribution in [0.15, 0.2) is 12.1 Å². The third-order valence-electron chi connectivity index (χ3n) is 3.05. The summed E-state index contributed by atoms with van der Waals surface area (Å²) in [6.07, 6.45) is 1.15. The van der Waals surface area contributed by atoms with E-state index in [9.17, 15) is 8.78 Å². The molecule has 2 nitrogen and oxygen atoms in total. The Kier molecular flexibility index (Phi) is 5.08. The molecule has 0 spiro atoms. The van der Waals surface area contributed by atoms with Crippen LogP contribution in [0.25, 0.3) is 0 Å². The average Bonchev–Trinajstić information content (AvgIpc) is 2.31. The summed E-state index contributed by atoms with van der Waals surface area (Å²) in [4.78, 5) is 0. The Morgan fingerprint density at radius 3 is 2.50 bits per heavy atom. The van der Waals surface area contributed by atoms with Crippen molar-refractivity contribution in [3.05, 3.63) is 34.4 Å². The lowest BCUT2D eigenvalue weighted by Crippen LogP contribution is -2.25. The Morgan fingerprint density at radius 1 is 1.33 bits per heavy atom. The molecule has 0 radical (unpaired) electrons. The highest BCUT2D eigenvalue weighted by atomic mass is 35.5. The summed E-state index contributed by atoms with van der Waals surface area (Å²) in [5.74, 6) is -1.24. The lowest BCUT2D eigenvalue weighted by atomic mass is 9.95. The summed E-state index contributed by atoms with van der Waals surface area (Å²) in [5.41, 5.74) is 5.68. The molecule has 0 saturated carbocycles. The molecule has 0 bridgehead atoms. The van der Waals surface area contributed by atoms with Gasteiger partial charge in [0.15, 0.2) is 0 Å². The molecule has 0 fully saturated rings. The van der Waals surface area contributed by atoms with Crippen LogP contribution in [0.4, 0.5) is 8.78 Å². The minimum atomic E-state index is -0.658. The van der Waals surface area contributed by atoms with Gasteiger partial charge in [-0.3, -0.25) is 0 Å². The maximum absolute atomic E-state index is 13.6. The second kappa shape index (κ2) is 5.95. The molecule has 1 aromatic carbocycles. The minimum Gasteiger partial charge on any atom is -0.379 e. The predicted octanol–water partition coefficient (Wildman–Crippen LogP) is 3.82. The van der Waals surface area contributed by atoms with Gasteiger partial charge in [0.25, 0.3) is 0 Å².